The van der Waals surface area contributed by atoms with Crippen molar-refractivity contribution in [3.05, 3.63) is 5.56 Å². The van der Waals surface area contributed by atoms with Crippen molar-refractivity contribution < 1.29 is 9.59 Å². The third-order valence-electron chi connectivity index (χ3n) is 2.64. The molecule has 1 unspecified atom stereocenters. The minimum absolute atomic E-state index is 0.00937. The summed E-state index contributed by atoms with van der Waals surface area (Å²) < 4.78 is 1.57. The van der Waals surface area contributed by atoms with E-state index < -0.39 is 0 Å². The zero-order chi connectivity index (χ0) is 11.9. The van der Waals surface area contributed by atoms with Gasteiger partial charge in [0.1, 0.15) is 5.82 Å². The normalized spacial score (nSPS) is 18.9. The minimum Gasteiger partial charge on any atom is -0.310 e. The molecule has 16 heavy (non-hydrogen) atoms. The molecule has 0 radical (unpaired) electrons. The molecule has 0 aliphatic carbocycles. The van der Waals surface area contributed by atoms with Crippen LogP contribution in [0.15, 0.2) is 0 Å². The van der Waals surface area contributed by atoms with Crippen LogP contribution >= 0.6 is 0 Å². The molecule has 0 bridgehead atoms. The van der Waals surface area contributed by atoms with Gasteiger partial charge in [-0.05, 0) is 6.42 Å². The van der Waals surface area contributed by atoms with Gasteiger partial charge in [-0.3, -0.25) is 14.3 Å². The zero-order valence-corrected chi connectivity index (χ0v) is 9.50. The Morgan fingerprint density at radius 3 is 2.94 bits per heavy atom. The fourth-order valence-electron chi connectivity index (χ4n) is 1.82. The Kier molecular flexibility index (Phi) is 2.41. The van der Waals surface area contributed by atoms with Gasteiger partial charge in [0, 0.05) is 25.5 Å². The van der Waals surface area contributed by atoms with Crippen LogP contribution in [0.3, 0.4) is 0 Å². The second-order valence-electron chi connectivity index (χ2n) is 4.07. The van der Waals surface area contributed by atoms with Gasteiger partial charge in [0.05, 0.1) is 0 Å². The summed E-state index contributed by atoms with van der Waals surface area (Å²) in [5, 5.41) is 9.62. The Hall–Kier alpha value is -1.85. The predicted molar refractivity (Wildman–Crippen MR) is 59.0 cm³/mol. The van der Waals surface area contributed by atoms with Gasteiger partial charge in [-0.25, -0.2) is 0 Å². The fraction of sp³-hybridized carbons (Fsp3) is 0.500. The molecule has 0 fully saturated rings. The maximum Gasteiger partial charge on any atom is 0.228 e. The minimum atomic E-state index is -0.162. The van der Waals surface area contributed by atoms with Crippen molar-refractivity contribution in [2.75, 3.05) is 10.6 Å². The lowest BCUT2D eigenvalue weighted by molar-refractivity contribution is -0.119. The molecule has 0 saturated heterocycles. The third kappa shape index (κ3) is 1.66. The summed E-state index contributed by atoms with van der Waals surface area (Å²) in [7, 11) is 1.74. The van der Waals surface area contributed by atoms with E-state index in [9.17, 15) is 9.59 Å². The molecule has 1 aromatic heterocycles. The average molecular weight is 222 g/mol. The van der Waals surface area contributed by atoms with Crippen LogP contribution < -0.4 is 10.6 Å². The fourth-order valence-corrected chi connectivity index (χ4v) is 1.82. The van der Waals surface area contributed by atoms with Crippen molar-refractivity contribution in [1.29, 1.82) is 0 Å². The maximum absolute atomic E-state index is 11.5. The van der Waals surface area contributed by atoms with Crippen LogP contribution in [-0.4, -0.2) is 21.6 Å². The summed E-state index contributed by atoms with van der Waals surface area (Å²) in [5.74, 6) is 0.947. The predicted octanol–water partition coefficient (Wildman–Crippen LogP) is 0.509. The molecule has 1 aliphatic rings. The number of rotatable bonds is 1. The summed E-state index contributed by atoms with van der Waals surface area (Å²) in [4.78, 5) is 22.5. The van der Waals surface area contributed by atoms with Crippen LogP contribution in [0.2, 0.25) is 0 Å². The van der Waals surface area contributed by atoms with Crippen LogP contribution in [0.5, 0.6) is 0 Å². The van der Waals surface area contributed by atoms with Gasteiger partial charge in [-0.15, -0.1) is 0 Å². The van der Waals surface area contributed by atoms with E-state index in [1.54, 1.807) is 11.7 Å². The SMILES string of the molecule is CC(=O)Nc1nn(C)c2c1CC(C)C(=O)N2. The molecule has 0 saturated carbocycles. The Morgan fingerprint density at radius 2 is 2.31 bits per heavy atom. The summed E-state index contributed by atoms with van der Waals surface area (Å²) in [6.07, 6.45) is 0.602. The zero-order valence-electron chi connectivity index (χ0n) is 9.50. The summed E-state index contributed by atoms with van der Waals surface area (Å²) in [5.41, 5.74) is 0.893. The molecular weight excluding hydrogens is 208 g/mol. The standard InChI is InChI=1S/C10H14N4O2/c1-5-4-7-8(11-6(2)15)13-14(3)9(7)12-10(5)16/h5H,4H2,1-3H3,(H,12,16)(H,11,13,15). The second-order valence-corrected chi connectivity index (χ2v) is 4.07. The average Bonchev–Trinajstić information content (AvgIpc) is 2.44. The Morgan fingerprint density at radius 1 is 1.62 bits per heavy atom. The molecule has 86 valence electrons. The van der Waals surface area contributed by atoms with Gasteiger partial charge < -0.3 is 10.6 Å². The van der Waals surface area contributed by atoms with Crippen LogP contribution in [0, 0.1) is 5.92 Å². The van der Waals surface area contributed by atoms with Gasteiger partial charge in [-0.2, -0.15) is 5.10 Å². The van der Waals surface area contributed by atoms with Crippen molar-refractivity contribution >= 4 is 23.5 Å². The smallest absolute Gasteiger partial charge is 0.228 e. The Labute approximate surface area is 93.0 Å². The van der Waals surface area contributed by atoms with E-state index in [-0.39, 0.29) is 17.7 Å². The first kappa shape index (κ1) is 10.7. The van der Waals surface area contributed by atoms with Crippen LogP contribution in [-0.2, 0) is 23.1 Å². The number of nitrogens with one attached hydrogen (secondary N) is 2. The van der Waals surface area contributed by atoms with Gasteiger partial charge in [0.2, 0.25) is 11.8 Å². The van der Waals surface area contributed by atoms with E-state index in [0.29, 0.717) is 18.1 Å². The highest BCUT2D eigenvalue weighted by atomic mass is 16.2. The Bertz CT molecular complexity index is 464. The monoisotopic (exact) mass is 222 g/mol. The van der Waals surface area contributed by atoms with Gasteiger partial charge in [0.15, 0.2) is 5.82 Å². The number of fused-ring (bicyclic) bond motifs is 1. The number of amides is 2. The van der Waals surface area contributed by atoms with Crippen molar-refractivity contribution in [3.8, 4) is 0 Å². The number of carbonyl (C=O) groups is 2. The van der Waals surface area contributed by atoms with Crippen molar-refractivity contribution in [3.63, 3.8) is 0 Å². The van der Waals surface area contributed by atoms with E-state index >= 15 is 0 Å². The molecule has 1 aromatic rings. The van der Waals surface area contributed by atoms with E-state index in [1.165, 1.54) is 6.92 Å². The lowest BCUT2D eigenvalue weighted by atomic mass is 9.98. The lowest BCUT2D eigenvalue weighted by Crippen LogP contribution is -2.28. The molecule has 1 aliphatic heterocycles. The molecule has 2 amide bonds. The summed E-state index contributed by atoms with van der Waals surface area (Å²) in [6.45, 7) is 3.29. The van der Waals surface area contributed by atoms with Gasteiger partial charge in [0.25, 0.3) is 0 Å². The van der Waals surface area contributed by atoms with E-state index in [4.69, 9.17) is 0 Å². The van der Waals surface area contributed by atoms with Crippen LogP contribution in [0.4, 0.5) is 11.6 Å². The number of carbonyl (C=O) groups excluding carboxylic acids is 2. The topological polar surface area (TPSA) is 76.0 Å². The Balaban J connectivity index is 2.41. The molecule has 2 rings (SSSR count). The summed E-state index contributed by atoms with van der Waals surface area (Å²) in [6, 6.07) is 0. The first-order valence-electron chi connectivity index (χ1n) is 5.13. The second kappa shape index (κ2) is 3.62. The molecule has 1 atom stereocenters. The number of aryl methyl sites for hydroxylation is 1. The van der Waals surface area contributed by atoms with Crippen LogP contribution in [0.1, 0.15) is 19.4 Å². The third-order valence-corrected chi connectivity index (χ3v) is 2.64. The van der Waals surface area contributed by atoms with E-state index in [0.717, 1.165) is 5.56 Å². The highest BCUT2D eigenvalue weighted by Crippen LogP contribution is 2.30. The molecule has 0 aromatic carbocycles. The number of hydrogen-bond acceptors (Lipinski definition) is 3. The number of anilines is 2. The van der Waals surface area contributed by atoms with E-state index in [2.05, 4.69) is 15.7 Å². The number of aromatic nitrogens is 2. The molecular formula is C10H14N4O2. The summed E-state index contributed by atoms with van der Waals surface area (Å²) >= 11 is 0. The first-order chi connectivity index (χ1) is 7.49. The highest BCUT2D eigenvalue weighted by Gasteiger charge is 2.28. The lowest BCUT2D eigenvalue weighted by Gasteiger charge is -2.19. The highest BCUT2D eigenvalue weighted by molar-refractivity contribution is 5.97. The van der Waals surface area contributed by atoms with Crippen molar-refractivity contribution in [2.45, 2.75) is 20.3 Å². The first-order valence-corrected chi connectivity index (χ1v) is 5.13. The van der Waals surface area contributed by atoms with Gasteiger partial charge >= 0.3 is 0 Å². The van der Waals surface area contributed by atoms with Crippen molar-refractivity contribution in [1.82, 2.24) is 9.78 Å². The van der Waals surface area contributed by atoms with Crippen LogP contribution in [0.25, 0.3) is 0 Å². The molecule has 6 heteroatoms. The number of nitrogens with zero attached hydrogens (tertiary/aromatic N) is 2. The molecule has 0 spiro atoms. The van der Waals surface area contributed by atoms with Crippen molar-refractivity contribution in [2.24, 2.45) is 13.0 Å². The van der Waals surface area contributed by atoms with Gasteiger partial charge in [-0.1, -0.05) is 6.92 Å². The largest absolute Gasteiger partial charge is 0.310 e. The molecule has 6 nitrogen and oxygen atoms in total. The maximum atomic E-state index is 11.5. The quantitative estimate of drug-likeness (QED) is 0.726. The molecule has 2 N–H and O–H groups in total. The van der Waals surface area contributed by atoms with E-state index in [1.807, 2.05) is 6.92 Å². The number of hydrogen-bond donors (Lipinski definition) is 2. The molecule has 2 heterocycles.